The van der Waals surface area contributed by atoms with Gasteiger partial charge in [0.2, 0.25) is 0 Å². The van der Waals surface area contributed by atoms with E-state index in [0.29, 0.717) is 0 Å². The molecule has 0 unspecified atom stereocenters. The van der Waals surface area contributed by atoms with Crippen LogP contribution in [0.15, 0.2) is 48.5 Å². The van der Waals surface area contributed by atoms with Crippen LogP contribution >= 0.6 is 0 Å². The van der Waals surface area contributed by atoms with E-state index in [0.717, 1.165) is 35.1 Å². The van der Waals surface area contributed by atoms with E-state index < -0.39 is 18.1 Å². The molecule has 2 N–H and O–H groups in total. The van der Waals surface area contributed by atoms with Gasteiger partial charge in [-0.1, -0.05) is 68.8 Å². The molecule has 0 spiro atoms. The van der Waals surface area contributed by atoms with Gasteiger partial charge in [-0.05, 0) is 34.6 Å². The van der Waals surface area contributed by atoms with Gasteiger partial charge in [-0.25, -0.2) is 9.59 Å². The second-order valence-electron chi connectivity index (χ2n) is 7.05. The number of amides is 1. The summed E-state index contributed by atoms with van der Waals surface area (Å²) in [6, 6.07) is 15.2. The standard InChI is InChI=1S/C22H25NO4/c1-3-8-14(2)20(21(24)25)23-22(26)27-13-19-17-11-6-4-9-15(17)16-10-5-7-12-18(16)19/h4-7,9-12,14,19-20H,3,8,13H2,1-2H3,(H,23,26)(H,24,25)/t14-,20-/m0/s1. The molecule has 1 amide bonds. The summed E-state index contributed by atoms with van der Waals surface area (Å²) in [5, 5.41) is 11.9. The maximum absolute atomic E-state index is 12.3. The number of hydrogen-bond donors (Lipinski definition) is 2. The van der Waals surface area contributed by atoms with E-state index >= 15 is 0 Å². The number of ether oxygens (including phenoxy) is 1. The number of carbonyl (C=O) groups is 2. The zero-order valence-corrected chi connectivity index (χ0v) is 15.6. The average Bonchev–Trinajstić information content (AvgIpc) is 2.98. The highest BCUT2D eigenvalue weighted by Crippen LogP contribution is 2.44. The Labute approximate surface area is 159 Å². The van der Waals surface area contributed by atoms with Gasteiger partial charge < -0.3 is 15.2 Å². The molecule has 0 heterocycles. The predicted octanol–water partition coefficient (Wildman–Crippen LogP) is 4.41. The van der Waals surface area contributed by atoms with E-state index in [1.54, 1.807) is 0 Å². The van der Waals surface area contributed by atoms with Crippen molar-refractivity contribution in [3.63, 3.8) is 0 Å². The molecule has 3 rings (SSSR count). The van der Waals surface area contributed by atoms with E-state index in [9.17, 15) is 14.7 Å². The van der Waals surface area contributed by atoms with Crippen molar-refractivity contribution in [3.05, 3.63) is 59.7 Å². The third-order valence-electron chi connectivity index (χ3n) is 5.20. The fourth-order valence-corrected chi connectivity index (χ4v) is 3.84. The summed E-state index contributed by atoms with van der Waals surface area (Å²) < 4.78 is 5.44. The number of carboxylic acid groups (broad SMARTS) is 1. The van der Waals surface area contributed by atoms with Crippen LogP contribution in [0.25, 0.3) is 11.1 Å². The molecule has 0 bridgehead atoms. The first-order valence-corrected chi connectivity index (χ1v) is 9.37. The van der Waals surface area contributed by atoms with Crippen LogP contribution in [0.1, 0.15) is 43.7 Å². The molecule has 142 valence electrons. The Morgan fingerprint density at radius 3 is 2.15 bits per heavy atom. The van der Waals surface area contributed by atoms with Gasteiger partial charge in [0.15, 0.2) is 0 Å². The molecule has 0 aliphatic heterocycles. The molecule has 0 saturated heterocycles. The Balaban J connectivity index is 1.69. The molecule has 0 aromatic heterocycles. The van der Waals surface area contributed by atoms with Gasteiger partial charge in [0, 0.05) is 5.92 Å². The minimum atomic E-state index is -1.04. The van der Waals surface area contributed by atoms with E-state index in [1.165, 1.54) is 0 Å². The molecule has 0 radical (unpaired) electrons. The zero-order valence-electron chi connectivity index (χ0n) is 15.6. The van der Waals surface area contributed by atoms with Gasteiger partial charge in [-0.3, -0.25) is 0 Å². The lowest BCUT2D eigenvalue weighted by Gasteiger charge is -2.21. The Bertz CT molecular complexity index is 787. The molecule has 5 nitrogen and oxygen atoms in total. The summed E-state index contributed by atoms with van der Waals surface area (Å²) in [5.74, 6) is -1.24. The number of benzene rings is 2. The van der Waals surface area contributed by atoms with Crippen molar-refractivity contribution in [1.82, 2.24) is 5.32 Å². The number of alkyl carbamates (subject to hydrolysis) is 1. The SMILES string of the molecule is CCC[C@H](C)[C@H](NC(=O)OCC1c2ccccc2-c2ccccc21)C(=O)O. The van der Waals surface area contributed by atoms with Crippen LogP contribution in [0.5, 0.6) is 0 Å². The first kappa shape index (κ1) is 19.0. The van der Waals surface area contributed by atoms with E-state index in [2.05, 4.69) is 17.4 Å². The van der Waals surface area contributed by atoms with Crippen LogP contribution in [-0.2, 0) is 9.53 Å². The summed E-state index contributed by atoms with van der Waals surface area (Å²) in [4.78, 5) is 23.7. The first-order chi connectivity index (χ1) is 13.0. The smallest absolute Gasteiger partial charge is 0.407 e. The average molecular weight is 367 g/mol. The van der Waals surface area contributed by atoms with Gasteiger partial charge >= 0.3 is 12.1 Å². The quantitative estimate of drug-likeness (QED) is 0.760. The normalized spacial score (nSPS) is 14.7. The number of rotatable bonds is 7. The van der Waals surface area contributed by atoms with Crippen LogP contribution in [0.2, 0.25) is 0 Å². The largest absolute Gasteiger partial charge is 0.480 e. The highest BCUT2D eigenvalue weighted by molar-refractivity contribution is 5.81. The van der Waals surface area contributed by atoms with Crippen molar-refractivity contribution in [2.75, 3.05) is 6.61 Å². The molecule has 5 heteroatoms. The van der Waals surface area contributed by atoms with Gasteiger partial charge in [-0.15, -0.1) is 0 Å². The van der Waals surface area contributed by atoms with Gasteiger partial charge in [0.05, 0.1) is 0 Å². The van der Waals surface area contributed by atoms with E-state index in [-0.39, 0.29) is 18.4 Å². The Morgan fingerprint density at radius 2 is 1.63 bits per heavy atom. The molecule has 1 aliphatic rings. The van der Waals surface area contributed by atoms with Crippen LogP contribution in [0.4, 0.5) is 4.79 Å². The fraction of sp³-hybridized carbons (Fsp3) is 0.364. The molecule has 1 aliphatic carbocycles. The third kappa shape index (κ3) is 3.97. The molecule has 0 saturated carbocycles. The maximum Gasteiger partial charge on any atom is 0.407 e. The highest BCUT2D eigenvalue weighted by Gasteiger charge is 2.30. The molecule has 2 aromatic carbocycles. The van der Waals surface area contributed by atoms with E-state index in [1.807, 2.05) is 50.2 Å². The minimum Gasteiger partial charge on any atom is -0.480 e. The van der Waals surface area contributed by atoms with Crippen LogP contribution in [0, 0.1) is 5.92 Å². The predicted molar refractivity (Wildman–Crippen MR) is 104 cm³/mol. The number of aliphatic carboxylic acids is 1. The highest BCUT2D eigenvalue weighted by atomic mass is 16.5. The second-order valence-corrected chi connectivity index (χ2v) is 7.05. The summed E-state index contributed by atoms with van der Waals surface area (Å²) in [6.45, 7) is 3.99. The van der Waals surface area contributed by atoms with Crippen molar-refractivity contribution in [2.45, 2.75) is 38.6 Å². The monoisotopic (exact) mass is 367 g/mol. The molecular weight excluding hydrogens is 342 g/mol. The van der Waals surface area contributed by atoms with Crippen molar-refractivity contribution in [3.8, 4) is 11.1 Å². The number of fused-ring (bicyclic) bond motifs is 3. The van der Waals surface area contributed by atoms with Gasteiger partial charge in [0.25, 0.3) is 0 Å². The Morgan fingerprint density at radius 1 is 1.07 bits per heavy atom. The van der Waals surface area contributed by atoms with E-state index in [4.69, 9.17) is 4.74 Å². The van der Waals surface area contributed by atoms with Gasteiger partial charge in [-0.2, -0.15) is 0 Å². The van der Waals surface area contributed by atoms with Crippen LogP contribution in [-0.4, -0.2) is 29.8 Å². The second kappa shape index (κ2) is 8.25. The van der Waals surface area contributed by atoms with Gasteiger partial charge in [0.1, 0.15) is 12.6 Å². The number of hydrogen-bond acceptors (Lipinski definition) is 3. The lowest BCUT2D eigenvalue weighted by Crippen LogP contribution is -2.45. The number of nitrogens with one attached hydrogen (secondary N) is 1. The summed E-state index contributed by atoms with van der Waals surface area (Å²) in [7, 11) is 0. The summed E-state index contributed by atoms with van der Waals surface area (Å²) in [5.41, 5.74) is 4.56. The van der Waals surface area contributed by atoms with Crippen molar-refractivity contribution >= 4 is 12.1 Å². The summed E-state index contributed by atoms with van der Waals surface area (Å²) in [6.07, 6.45) is 0.894. The summed E-state index contributed by atoms with van der Waals surface area (Å²) >= 11 is 0. The van der Waals surface area contributed by atoms with Crippen molar-refractivity contribution in [1.29, 1.82) is 0 Å². The Hall–Kier alpha value is -2.82. The zero-order chi connectivity index (χ0) is 19.4. The first-order valence-electron chi connectivity index (χ1n) is 9.37. The van der Waals surface area contributed by atoms with Crippen LogP contribution in [0.3, 0.4) is 0 Å². The minimum absolute atomic E-state index is 0.0421. The lowest BCUT2D eigenvalue weighted by molar-refractivity contribution is -0.140. The fourth-order valence-electron chi connectivity index (χ4n) is 3.84. The van der Waals surface area contributed by atoms with Crippen molar-refractivity contribution in [2.24, 2.45) is 5.92 Å². The Kier molecular flexibility index (Phi) is 5.79. The number of carbonyl (C=O) groups excluding carboxylic acids is 1. The number of carboxylic acids is 1. The molecule has 27 heavy (non-hydrogen) atoms. The lowest BCUT2D eigenvalue weighted by atomic mass is 9.97. The third-order valence-corrected chi connectivity index (χ3v) is 5.20. The molecular formula is C22H25NO4. The molecule has 2 aromatic rings. The van der Waals surface area contributed by atoms with Crippen molar-refractivity contribution < 1.29 is 19.4 Å². The maximum atomic E-state index is 12.3. The topological polar surface area (TPSA) is 75.6 Å². The molecule has 0 fully saturated rings. The molecule has 2 atom stereocenters. The van der Waals surface area contributed by atoms with Crippen LogP contribution < -0.4 is 5.32 Å².